The van der Waals surface area contributed by atoms with Gasteiger partial charge in [-0.3, -0.25) is 0 Å². The second kappa shape index (κ2) is 6.66. The first-order valence-electron chi connectivity index (χ1n) is 6.03. The monoisotopic (exact) mass is 295 g/mol. The van der Waals surface area contributed by atoms with Crippen molar-refractivity contribution >= 4 is 15.9 Å². The number of hydrogen-bond donors (Lipinski definition) is 0. The van der Waals surface area contributed by atoms with E-state index in [0.29, 0.717) is 5.56 Å². The van der Waals surface area contributed by atoms with Crippen molar-refractivity contribution in [1.82, 2.24) is 0 Å². The molecule has 1 aromatic carbocycles. The van der Waals surface area contributed by atoms with Crippen LogP contribution in [0.5, 0.6) is 5.75 Å². The molecular formula is C14H18BrNO. The summed E-state index contributed by atoms with van der Waals surface area (Å²) in [6.45, 7) is 6.69. The summed E-state index contributed by atoms with van der Waals surface area (Å²) in [6, 6.07) is 5.90. The molecule has 1 fully saturated rings. The molecule has 2 nitrogen and oxygen atoms in total. The Morgan fingerprint density at radius 1 is 1.41 bits per heavy atom. The maximum Gasteiger partial charge on any atom is 0.134 e. The van der Waals surface area contributed by atoms with Crippen molar-refractivity contribution in [2.75, 3.05) is 6.61 Å². The highest BCUT2D eigenvalue weighted by molar-refractivity contribution is 9.10. The van der Waals surface area contributed by atoms with E-state index in [0.717, 1.165) is 28.3 Å². The third-order valence-corrected chi connectivity index (χ3v) is 3.19. The Bertz CT molecular complexity index is 419. The summed E-state index contributed by atoms with van der Waals surface area (Å²) in [5.74, 6) is 1.51. The smallest absolute Gasteiger partial charge is 0.134 e. The van der Waals surface area contributed by atoms with E-state index in [9.17, 15) is 0 Å². The number of nitriles is 1. The SMILES string of the molecule is CC.Cc1cc(Br)c(OCC2CC2)cc1C#N. The summed E-state index contributed by atoms with van der Waals surface area (Å²) in [5.41, 5.74) is 1.66. The van der Waals surface area contributed by atoms with Gasteiger partial charge in [-0.05, 0) is 59.3 Å². The molecule has 0 unspecified atom stereocenters. The van der Waals surface area contributed by atoms with E-state index in [1.165, 1.54) is 12.8 Å². The standard InChI is InChI=1S/C12H12BrNO.C2H6/c1-8-4-11(13)12(5-10(8)6-14)15-7-9-2-3-9;1-2/h4-5,9H,2-3,7H2,1H3;1-2H3. The molecule has 1 aliphatic rings. The molecule has 0 radical (unpaired) electrons. The first kappa shape index (κ1) is 14.1. The number of nitrogens with zero attached hydrogens (tertiary/aromatic N) is 1. The minimum atomic E-state index is 0.684. The zero-order valence-corrected chi connectivity index (χ0v) is 12.2. The van der Waals surface area contributed by atoms with Crippen molar-refractivity contribution in [3.8, 4) is 11.8 Å². The zero-order valence-electron chi connectivity index (χ0n) is 10.6. The second-order valence-corrected chi connectivity index (χ2v) is 4.82. The molecule has 1 saturated carbocycles. The lowest BCUT2D eigenvalue weighted by atomic mass is 10.1. The van der Waals surface area contributed by atoms with E-state index in [1.807, 2.05) is 32.9 Å². The largest absolute Gasteiger partial charge is 0.492 e. The van der Waals surface area contributed by atoms with E-state index in [-0.39, 0.29) is 0 Å². The second-order valence-electron chi connectivity index (χ2n) is 3.96. The van der Waals surface area contributed by atoms with Crippen LogP contribution in [0.1, 0.15) is 37.8 Å². The maximum absolute atomic E-state index is 8.90. The molecule has 3 heteroatoms. The third kappa shape index (κ3) is 4.05. The average Bonchev–Trinajstić information content (AvgIpc) is 3.15. The highest BCUT2D eigenvalue weighted by Gasteiger charge is 2.22. The minimum Gasteiger partial charge on any atom is -0.492 e. The van der Waals surface area contributed by atoms with Crippen LogP contribution in [0.25, 0.3) is 0 Å². The lowest BCUT2D eigenvalue weighted by Gasteiger charge is -2.09. The molecule has 0 bridgehead atoms. The predicted molar refractivity (Wildman–Crippen MR) is 73.2 cm³/mol. The minimum absolute atomic E-state index is 0.684. The average molecular weight is 296 g/mol. The van der Waals surface area contributed by atoms with Gasteiger partial charge in [-0.25, -0.2) is 0 Å². The lowest BCUT2D eigenvalue weighted by molar-refractivity contribution is 0.298. The van der Waals surface area contributed by atoms with Crippen molar-refractivity contribution < 1.29 is 4.74 Å². The van der Waals surface area contributed by atoms with Gasteiger partial charge < -0.3 is 4.74 Å². The molecule has 17 heavy (non-hydrogen) atoms. The van der Waals surface area contributed by atoms with Gasteiger partial charge in [-0.1, -0.05) is 13.8 Å². The predicted octanol–water partition coefficient (Wildman–Crippen LogP) is 4.44. The summed E-state index contributed by atoms with van der Waals surface area (Å²) in [4.78, 5) is 0. The zero-order chi connectivity index (χ0) is 12.8. The Hall–Kier alpha value is -1.01. The summed E-state index contributed by atoms with van der Waals surface area (Å²) in [5, 5.41) is 8.90. The van der Waals surface area contributed by atoms with E-state index in [1.54, 1.807) is 0 Å². The molecular weight excluding hydrogens is 278 g/mol. The van der Waals surface area contributed by atoms with Crippen LogP contribution in [-0.2, 0) is 0 Å². The Balaban J connectivity index is 0.000000686. The summed E-state index contributed by atoms with van der Waals surface area (Å²) in [7, 11) is 0. The van der Waals surface area contributed by atoms with Crippen LogP contribution in [0.2, 0.25) is 0 Å². The van der Waals surface area contributed by atoms with Crippen molar-refractivity contribution in [3.63, 3.8) is 0 Å². The van der Waals surface area contributed by atoms with Crippen LogP contribution < -0.4 is 4.74 Å². The van der Waals surface area contributed by atoms with Gasteiger partial charge in [0.15, 0.2) is 0 Å². The molecule has 0 aliphatic heterocycles. The fourth-order valence-corrected chi connectivity index (χ4v) is 1.95. The van der Waals surface area contributed by atoms with Crippen molar-refractivity contribution in [2.45, 2.75) is 33.6 Å². The molecule has 0 atom stereocenters. The molecule has 0 N–H and O–H groups in total. The van der Waals surface area contributed by atoms with E-state index in [4.69, 9.17) is 10.00 Å². The first-order chi connectivity index (χ1) is 8.20. The summed E-state index contributed by atoms with van der Waals surface area (Å²) >= 11 is 3.45. The first-order valence-corrected chi connectivity index (χ1v) is 6.83. The Kier molecular flexibility index (Phi) is 5.50. The fraction of sp³-hybridized carbons (Fsp3) is 0.500. The van der Waals surface area contributed by atoms with Crippen LogP contribution in [0.4, 0.5) is 0 Å². The van der Waals surface area contributed by atoms with Crippen LogP contribution in [0.15, 0.2) is 16.6 Å². The highest BCUT2D eigenvalue weighted by atomic mass is 79.9. The Morgan fingerprint density at radius 2 is 2.06 bits per heavy atom. The van der Waals surface area contributed by atoms with Gasteiger partial charge in [-0.15, -0.1) is 0 Å². The molecule has 1 aliphatic carbocycles. The number of benzene rings is 1. The lowest BCUT2D eigenvalue weighted by Crippen LogP contribution is -2.00. The molecule has 0 aromatic heterocycles. The van der Waals surface area contributed by atoms with Crippen molar-refractivity contribution in [3.05, 3.63) is 27.7 Å². The number of halogens is 1. The topological polar surface area (TPSA) is 33.0 Å². The van der Waals surface area contributed by atoms with Crippen molar-refractivity contribution in [2.24, 2.45) is 5.92 Å². The normalized spacial score (nSPS) is 13.4. The molecule has 92 valence electrons. The number of rotatable bonds is 3. The number of ether oxygens (including phenoxy) is 1. The van der Waals surface area contributed by atoms with Crippen LogP contribution in [0.3, 0.4) is 0 Å². The molecule has 0 spiro atoms. The van der Waals surface area contributed by atoms with E-state index < -0.39 is 0 Å². The quantitative estimate of drug-likeness (QED) is 0.826. The fourth-order valence-electron chi connectivity index (χ4n) is 1.38. The Morgan fingerprint density at radius 3 is 2.59 bits per heavy atom. The van der Waals surface area contributed by atoms with E-state index in [2.05, 4.69) is 22.0 Å². The molecule has 0 heterocycles. The van der Waals surface area contributed by atoms with Gasteiger partial charge in [0, 0.05) is 0 Å². The highest BCUT2D eigenvalue weighted by Crippen LogP contribution is 2.33. The molecule has 2 rings (SSSR count). The summed E-state index contributed by atoms with van der Waals surface area (Å²) < 4.78 is 6.59. The molecule has 0 amide bonds. The van der Waals surface area contributed by atoms with Gasteiger partial charge in [0.1, 0.15) is 5.75 Å². The molecule has 0 saturated heterocycles. The van der Waals surface area contributed by atoms with Crippen LogP contribution >= 0.6 is 15.9 Å². The van der Waals surface area contributed by atoms with Gasteiger partial charge in [0.25, 0.3) is 0 Å². The maximum atomic E-state index is 8.90. The van der Waals surface area contributed by atoms with Gasteiger partial charge >= 0.3 is 0 Å². The van der Waals surface area contributed by atoms with Crippen molar-refractivity contribution in [1.29, 1.82) is 5.26 Å². The summed E-state index contributed by atoms with van der Waals surface area (Å²) in [6.07, 6.45) is 2.54. The van der Waals surface area contributed by atoms with Crippen LogP contribution in [-0.4, -0.2) is 6.61 Å². The number of aryl methyl sites for hydroxylation is 1. The van der Waals surface area contributed by atoms with Gasteiger partial charge in [0.2, 0.25) is 0 Å². The third-order valence-electron chi connectivity index (χ3n) is 2.57. The molecule has 1 aromatic rings. The number of hydrogen-bond acceptors (Lipinski definition) is 2. The Labute approximate surface area is 112 Å². The van der Waals surface area contributed by atoms with Crippen LogP contribution in [0, 0.1) is 24.2 Å². The van der Waals surface area contributed by atoms with Gasteiger partial charge in [-0.2, -0.15) is 5.26 Å². The van der Waals surface area contributed by atoms with Gasteiger partial charge in [0.05, 0.1) is 22.7 Å². The van der Waals surface area contributed by atoms with E-state index >= 15 is 0 Å².